The fourth-order valence-electron chi connectivity index (χ4n) is 1.89. The Bertz CT molecular complexity index is 728. The Morgan fingerprint density at radius 3 is 2.58 bits per heavy atom. The smallest absolute Gasteiger partial charge is 0.321 e. The Labute approximate surface area is 144 Å². The van der Waals surface area contributed by atoms with Gasteiger partial charge in [0.25, 0.3) is 0 Å². The summed E-state index contributed by atoms with van der Waals surface area (Å²) in [6.07, 6.45) is 0. The number of aromatic nitrogens is 3. The van der Waals surface area contributed by atoms with Crippen LogP contribution in [-0.4, -0.2) is 38.6 Å². The van der Waals surface area contributed by atoms with Crippen molar-refractivity contribution in [1.82, 2.24) is 25.5 Å². The van der Waals surface area contributed by atoms with Gasteiger partial charge < -0.3 is 11.2 Å². The minimum absolute atomic E-state index is 0.393. The summed E-state index contributed by atoms with van der Waals surface area (Å²) in [7, 11) is 0. The van der Waals surface area contributed by atoms with Crippen molar-refractivity contribution in [3.8, 4) is 11.4 Å². The number of rotatable bonds is 5. The van der Waals surface area contributed by atoms with Gasteiger partial charge in [-0.1, -0.05) is 41.6 Å². The van der Waals surface area contributed by atoms with E-state index in [0.717, 1.165) is 22.9 Å². The van der Waals surface area contributed by atoms with Gasteiger partial charge in [-0.3, -0.25) is 10.1 Å². The molecule has 2 aromatic rings. The number of nitrogens with zero attached hydrogens (tertiary/aromatic N) is 3. The van der Waals surface area contributed by atoms with Crippen LogP contribution in [0, 0.1) is 6.92 Å². The number of aryl methyl sites for hydroxylation is 1. The Hall–Kier alpha value is -2.55. The lowest BCUT2D eigenvalue weighted by Gasteiger charge is -2.11. The number of nitrogens with two attached hydrogens (primary N) is 1. The van der Waals surface area contributed by atoms with Crippen molar-refractivity contribution in [2.24, 2.45) is 0 Å². The van der Waals surface area contributed by atoms with E-state index in [9.17, 15) is 9.59 Å². The molecule has 4 N–H and O–H groups in total. The number of amides is 3. The van der Waals surface area contributed by atoms with Gasteiger partial charge >= 0.3 is 6.03 Å². The molecule has 0 saturated carbocycles. The van der Waals surface area contributed by atoms with E-state index in [-0.39, 0.29) is 0 Å². The molecule has 0 spiro atoms. The first kappa shape index (κ1) is 17.8. The van der Waals surface area contributed by atoms with Crippen LogP contribution in [0.3, 0.4) is 0 Å². The highest BCUT2D eigenvalue weighted by Gasteiger charge is 2.21. The molecule has 0 bridgehead atoms. The predicted molar refractivity (Wildman–Crippen MR) is 92.9 cm³/mol. The third kappa shape index (κ3) is 4.25. The molecule has 0 radical (unpaired) electrons. The number of urea groups is 1. The van der Waals surface area contributed by atoms with Gasteiger partial charge in [0, 0.05) is 12.1 Å². The molecule has 1 atom stereocenters. The van der Waals surface area contributed by atoms with Crippen molar-refractivity contribution in [2.45, 2.75) is 31.2 Å². The number of nitrogen functional groups attached to an aromatic ring is 1. The highest BCUT2D eigenvalue weighted by atomic mass is 32.2. The van der Waals surface area contributed by atoms with Crippen molar-refractivity contribution >= 4 is 23.7 Å². The quantitative estimate of drug-likeness (QED) is 0.554. The summed E-state index contributed by atoms with van der Waals surface area (Å²) >= 11 is 1.13. The number of hydrogen-bond donors (Lipinski definition) is 3. The van der Waals surface area contributed by atoms with E-state index in [0.29, 0.717) is 17.5 Å². The van der Waals surface area contributed by atoms with Crippen molar-refractivity contribution in [1.29, 1.82) is 0 Å². The lowest BCUT2D eigenvalue weighted by atomic mass is 10.1. The number of carbonyl (C=O) groups excluding carboxylic acids is 2. The second-order valence-electron chi connectivity index (χ2n) is 5.15. The molecule has 0 aliphatic carbocycles. The fourth-order valence-corrected chi connectivity index (χ4v) is 2.66. The molecule has 0 saturated heterocycles. The zero-order valence-corrected chi connectivity index (χ0v) is 14.6. The summed E-state index contributed by atoms with van der Waals surface area (Å²) in [5.74, 6) is 6.11. The molecule has 1 aromatic heterocycles. The molecule has 3 amide bonds. The number of carbonyl (C=O) groups is 2. The van der Waals surface area contributed by atoms with E-state index in [2.05, 4.69) is 20.8 Å². The molecule has 0 aliphatic rings. The van der Waals surface area contributed by atoms with Crippen LogP contribution in [0.25, 0.3) is 11.4 Å². The highest BCUT2D eigenvalue weighted by molar-refractivity contribution is 8.00. The zero-order chi connectivity index (χ0) is 17.7. The van der Waals surface area contributed by atoms with Crippen LogP contribution in [0.2, 0.25) is 0 Å². The third-order valence-electron chi connectivity index (χ3n) is 3.20. The van der Waals surface area contributed by atoms with E-state index in [1.165, 1.54) is 4.68 Å². The standard InChI is InChI=1S/C15H20N6O2S/c1-4-17-14(23)18-13(22)10(3)24-15-20-19-12(21(15)16)11-7-5-9(2)6-8-11/h5-8,10H,4,16H2,1-3H3,(H2,17,18,22,23)/t10-/m0/s1. The van der Waals surface area contributed by atoms with Crippen LogP contribution in [-0.2, 0) is 4.79 Å². The van der Waals surface area contributed by atoms with Crippen LogP contribution < -0.4 is 16.5 Å². The summed E-state index contributed by atoms with van der Waals surface area (Å²) in [6, 6.07) is 7.20. The van der Waals surface area contributed by atoms with Crippen molar-refractivity contribution in [3.05, 3.63) is 29.8 Å². The van der Waals surface area contributed by atoms with E-state index >= 15 is 0 Å². The maximum Gasteiger partial charge on any atom is 0.321 e. The van der Waals surface area contributed by atoms with Crippen LogP contribution in [0.5, 0.6) is 0 Å². The number of hydrogen-bond acceptors (Lipinski definition) is 6. The molecule has 9 heteroatoms. The first-order valence-electron chi connectivity index (χ1n) is 7.45. The van der Waals surface area contributed by atoms with Gasteiger partial charge in [-0.05, 0) is 20.8 Å². The summed E-state index contributed by atoms with van der Waals surface area (Å²) < 4.78 is 1.34. The van der Waals surface area contributed by atoms with Crippen molar-refractivity contribution < 1.29 is 9.59 Å². The number of benzene rings is 1. The average molecular weight is 348 g/mol. The Morgan fingerprint density at radius 1 is 1.29 bits per heavy atom. The topological polar surface area (TPSA) is 115 Å². The maximum atomic E-state index is 12.0. The number of imide groups is 1. The normalized spacial score (nSPS) is 11.8. The summed E-state index contributed by atoms with van der Waals surface area (Å²) in [5.41, 5.74) is 1.97. The molecule has 128 valence electrons. The molecule has 1 aromatic carbocycles. The van der Waals surface area contributed by atoms with Gasteiger partial charge in [0.2, 0.25) is 11.1 Å². The van der Waals surface area contributed by atoms with E-state index < -0.39 is 17.2 Å². The Morgan fingerprint density at radius 2 is 1.96 bits per heavy atom. The largest absolute Gasteiger partial charge is 0.338 e. The molecule has 0 unspecified atom stereocenters. The third-order valence-corrected chi connectivity index (χ3v) is 4.26. The summed E-state index contributed by atoms with van der Waals surface area (Å²) in [4.78, 5) is 23.4. The summed E-state index contributed by atoms with van der Waals surface area (Å²) in [6.45, 7) is 5.87. The molecular weight excluding hydrogens is 328 g/mol. The van der Waals surface area contributed by atoms with Gasteiger partial charge in [-0.15, -0.1) is 10.2 Å². The number of thioether (sulfide) groups is 1. The van der Waals surface area contributed by atoms with Gasteiger partial charge in [0.05, 0.1) is 5.25 Å². The molecule has 1 heterocycles. The van der Waals surface area contributed by atoms with Crippen LogP contribution >= 0.6 is 11.8 Å². The number of nitrogens with one attached hydrogen (secondary N) is 2. The average Bonchev–Trinajstić information content (AvgIpc) is 2.89. The zero-order valence-electron chi connectivity index (χ0n) is 13.7. The highest BCUT2D eigenvalue weighted by Crippen LogP contribution is 2.24. The SMILES string of the molecule is CCNC(=O)NC(=O)[C@H](C)Sc1nnc(-c2ccc(C)cc2)n1N. The van der Waals surface area contributed by atoms with E-state index in [1.807, 2.05) is 31.2 Å². The van der Waals surface area contributed by atoms with Crippen LogP contribution in [0.4, 0.5) is 4.79 Å². The predicted octanol–water partition coefficient (Wildman–Crippen LogP) is 1.29. The van der Waals surface area contributed by atoms with Gasteiger partial charge in [-0.2, -0.15) is 0 Å². The first-order valence-corrected chi connectivity index (χ1v) is 8.33. The first-order chi connectivity index (χ1) is 11.4. The van der Waals surface area contributed by atoms with Crippen LogP contribution in [0.15, 0.2) is 29.4 Å². The van der Waals surface area contributed by atoms with E-state index in [4.69, 9.17) is 5.84 Å². The van der Waals surface area contributed by atoms with Gasteiger partial charge in [0.15, 0.2) is 5.82 Å². The molecule has 0 fully saturated rings. The fraction of sp³-hybridized carbons (Fsp3) is 0.333. The second kappa shape index (κ2) is 7.82. The monoisotopic (exact) mass is 348 g/mol. The minimum atomic E-state index is -0.551. The maximum absolute atomic E-state index is 12.0. The lowest BCUT2D eigenvalue weighted by Crippen LogP contribution is -2.42. The molecule has 24 heavy (non-hydrogen) atoms. The molecular formula is C15H20N6O2S. The van der Waals surface area contributed by atoms with Crippen molar-refractivity contribution in [3.63, 3.8) is 0 Å². The second-order valence-corrected chi connectivity index (χ2v) is 6.46. The molecule has 8 nitrogen and oxygen atoms in total. The van der Waals surface area contributed by atoms with Gasteiger partial charge in [0.1, 0.15) is 0 Å². The molecule has 0 aliphatic heterocycles. The van der Waals surface area contributed by atoms with E-state index in [1.54, 1.807) is 13.8 Å². The summed E-state index contributed by atoms with van der Waals surface area (Å²) in [5, 5.41) is 12.7. The van der Waals surface area contributed by atoms with Crippen LogP contribution in [0.1, 0.15) is 19.4 Å². The minimum Gasteiger partial charge on any atom is -0.338 e. The Kier molecular flexibility index (Phi) is 5.80. The van der Waals surface area contributed by atoms with Crippen molar-refractivity contribution in [2.75, 3.05) is 12.4 Å². The molecule has 2 rings (SSSR count). The lowest BCUT2D eigenvalue weighted by molar-refractivity contribution is -0.119. The Balaban J connectivity index is 2.07. The van der Waals surface area contributed by atoms with Gasteiger partial charge in [-0.25, -0.2) is 9.47 Å².